The molecule has 52 valence electrons. The molecule has 0 radical (unpaired) electrons. The lowest BCUT2D eigenvalue weighted by Crippen LogP contribution is -1.90. The lowest BCUT2D eigenvalue weighted by molar-refractivity contribution is 0.609. The zero-order valence-corrected chi connectivity index (χ0v) is 5.39. The summed E-state index contributed by atoms with van der Waals surface area (Å²) in [6.07, 6.45) is 3.70. The van der Waals surface area contributed by atoms with Crippen LogP contribution in [0.3, 0.4) is 0 Å². The van der Waals surface area contributed by atoms with E-state index in [9.17, 15) is 4.39 Å². The molecule has 1 aromatic rings. The Labute approximate surface area is 58.1 Å². The van der Waals surface area contributed by atoms with Gasteiger partial charge in [-0.15, -0.1) is 0 Å². The smallest absolute Gasteiger partial charge is 0.146 e. The maximum absolute atomic E-state index is 12.8. The normalized spacial score (nSPS) is 14.5. The molecule has 1 aromatic heterocycles. The molecule has 0 atom stereocenters. The van der Waals surface area contributed by atoms with Gasteiger partial charge in [0.05, 0.1) is 18.1 Å². The first kappa shape index (κ1) is 5.65. The van der Waals surface area contributed by atoms with Crippen LogP contribution < -0.4 is 5.32 Å². The molecule has 0 saturated carbocycles. The van der Waals surface area contributed by atoms with Crippen LogP contribution in [-0.4, -0.2) is 11.5 Å². The van der Waals surface area contributed by atoms with E-state index in [1.54, 1.807) is 6.20 Å². The molecule has 0 unspecified atom stereocenters. The van der Waals surface area contributed by atoms with Gasteiger partial charge in [-0.05, 0) is 6.42 Å². The lowest BCUT2D eigenvalue weighted by Gasteiger charge is -1.96. The number of anilines is 1. The second kappa shape index (κ2) is 1.94. The van der Waals surface area contributed by atoms with E-state index in [-0.39, 0.29) is 5.82 Å². The fraction of sp³-hybridized carbons (Fsp3) is 0.286. The third kappa shape index (κ3) is 0.667. The minimum Gasteiger partial charge on any atom is -0.383 e. The van der Waals surface area contributed by atoms with Gasteiger partial charge in [0.2, 0.25) is 0 Å². The van der Waals surface area contributed by atoms with Gasteiger partial charge in [0.15, 0.2) is 0 Å². The van der Waals surface area contributed by atoms with Crippen molar-refractivity contribution < 1.29 is 4.39 Å². The van der Waals surface area contributed by atoms with Crippen molar-refractivity contribution in [1.82, 2.24) is 4.98 Å². The molecule has 2 rings (SSSR count). The van der Waals surface area contributed by atoms with E-state index < -0.39 is 0 Å². The quantitative estimate of drug-likeness (QED) is 0.582. The second-order valence-corrected chi connectivity index (χ2v) is 2.32. The fourth-order valence-electron chi connectivity index (χ4n) is 1.19. The summed E-state index contributed by atoms with van der Waals surface area (Å²) in [7, 11) is 0. The molecule has 0 saturated heterocycles. The zero-order chi connectivity index (χ0) is 6.97. The molecule has 0 spiro atoms. The number of pyridine rings is 1. The van der Waals surface area contributed by atoms with Gasteiger partial charge in [-0.1, -0.05) is 0 Å². The van der Waals surface area contributed by atoms with Crippen molar-refractivity contribution in [3.63, 3.8) is 0 Å². The molecule has 0 bridgehead atoms. The van der Waals surface area contributed by atoms with E-state index in [1.165, 1.54) is 6.20 Å². The highest BCUT2D eigenvalue weighted by molar-refractivity contribution is 5.53. The Morgan fingerprint density at radius 1 is 1.50 bits per heavy atom. The Kier molecular flexibility index (Phi) is 1.09. The van der Waals surface area contributed by atoms with Crippen LogP contribution in [0.25, 0.3) is 0 Å². The van der Waals surface area contributed by atoms with Crippen molar-refractivity contribution >= 4 is 5.69 Å². The first-order valence-corrected chi connectivity index (χ1v) is 3.24. The standard InChI is InChI=1S/C7H7FN2/c8-6-3-9-4-7-5(6)1-2-10-7/h3-4,10H,1-2H2. The van der Waals surface area contributed by atoms with E-state index in [0.29, 0.717) is 0 Å². The van der Waals surface area contributed by atoms with Crippen molar-refractivity contribution in [2.45, 2.75) is 6.42 Å². The zero-order valence-electron chi connectivity index (χ0n) is 5.39. The second-order valence-electron chi connectivity index (χ2n) is 2.32. The Hall–Kier alpha value is -1.12. The number of halogens is 1. The molecule has 0 aromatic carbocycles. The molecule has 0 fully saturated rings. The summed E-state index contributed by atoms with van der Waals surface area (Å²) in [5.41, 5.74) is 1.62. The molecular formula is C7H7FN2. The van der Waals surface area contributed by atoms with Crippen LogP contribution in [-0.2, 0) is 6.42 Å². The maximum atomic E-state index is 12.8. The third-order valence-electron chi connectivity index (χ3n) is 1.70. The summed E-state index contributed by atoms with van der Waals surface area (Å²) in [5.74, 6) is -0.192. The highest BCUT2D eigenvalue weighted by Crippen LogP contribution is 2.22. The van der Waals surface area contributed by atoms with Crippen LogP contribution in [0.4, 0.5) is 10.1 Å². The number of hydrogen-bond donors (Lipinski definition) is 1. The SMILES string of the molecule is Fc1cncc2c1CCN2. The molecule has 1 aliphatic rings. The molecule has 10 heavy (non-hydrogen) atoms. The van der Waals surface area contributed by atoms with Crippen LogP contribution in [0.1, 0.15) is 5.56 Å². The van der Waals surface area contributed by atoms with E-state index >= 15 is 0 Å². The minimum absolute atomic E-state index is 0.192. The monoisotopic (exact) mass is 138 g/mol. The largest absolute Gasteiger partial charge is 0.383 e. The number of hydrogen-bond acceptors (Lipinski definition) is 2. The topological polar surface area (TPSA) is 24.9 Å². The van der Waals surface area contributed by atoms with Crippen molar-refractivity contribution in [3.05, 3.63) is 23.8 Å². The molecule has 2 heterocycles. The van der Waals surface area contributed by atoms with Gasteiger partial charge in [-0.3, -0.25) is 4.98 Å². The van der Waals surface area contributed by atoms with Gasteiger partial charge < -0.3 is 5.32 Å². The van der Waals surface area contributed by atoms with Crippen molar-refractivity contribution in [1.29, 1.82) is 0 Å². The van der Waals surface area contributed by atoms with Crippen LogP contribution in [0.5, 0.6) is 0 Å². The van der Waals surface area contributed by atoms with Gasteiger partial charge in [0, 0.05) is 12.1 Å². The van der Waals surface area contributed by atoms with Crippen LogP contribution in [0, 0.1) is 5.82 Å². The minimum atomic E-state index is -0.192. The number of nitrogens with one attached hydrogen (secondary N) is 1. The Balaban J connectivity index is 2.59. The molecule has 2 nitrogen and oxygen atoms in total. The van der Waals surface area contributed by atoms with Crippen molar-refractivity contribution in [3.8, 4) is 0 Å². The first-order valence-electron chi connectivity index (χ1n) is 3.24. The van der Waals surface area contributed by atoms with Gasteiger partial charge in [0.1, 0.15) is 5.82 Å². The Morgan fingerprint density at radius 2 is 2.40 bits per heavy atom. The Morgan fingerprint density at radius 3 is 3.20 bits per heavy atom. The van der Waals surface area contributed by atoms with Crippen molar-refractivity contribution in [2.24, 2.45) is 0 Å². The first-order chi connectivity index (χ1) is 4.88. The van der Waals surface area contributed by atoms with Crippen LogP contribution >= 0.6 is 0 Å². The summed E-state index contributed by atoms with van der Waals surface area (Å²) in [4.78, 5) is 3.72. The summed E-state index contributed by atoms with van der Waals surface area (Å²) < 4.78 is 12.8. The lowest BCUT2D eigenvalue weighted by atomic mass is 10.2. The highest BCUT2D eigenvalue weighted by atomic mass is 19.1. The van der Waals surface area contributed by atoms with E-state index in [0.717, 1.165) is 24.2 Å². The van der Waals surface area contributed by atoms with E-state index in [1.807, 2.05) is 0 Å². The fourth-order valence-corrected chi connectivity index (χ4v) is 1.19. The predicted molar refractivity (Wildman–Crippen MR) is 36.4 cm³/mol. The number of aromatic nitrogens is 1. The summed E-state index contributed by atoms with van der Waals surface area (Å²) in [6, 6.07) is 0. The van der Waals surface area contributed by atoms with Gasteiger partial charge >= 0.3 is 0 Å². The van der Waals surface area contributed by atoms with E-state index in [2.05, 4.69) is 10.3 Å². The molecule has 3 heteroatoms. The summed E-state index contributed by atoms with van der Waals surface area (Å²) in [6.45, 7) is 0.831. The predicted octanol–water partition coefficient (Wildman–Crippen LogP) is 1.19. The van der Waals surface area contributed by atoms with Gasteiger partial charge in [-0.25, -0.2) is 4.39 Å². The Bertz CT molecular complexity index is 260. The summed E-state index contributed by atoms with van der Waals surface area (Å²) >= 11 is 0. The van der Waals surface area contributed by atoms with Gasteiger partial charge in [0.25, 0.3) is 0 Å². The molecule has 1 aliphatic heterocycles. The summed E-state index contributed by atoms with van der Waals surface area (Å²) in [5, 5.41) is 3.04. The number of fused-ring (bicyclic) bond motifs is 1. The number of rotatable bonds is 0. The maximum Gasteiger partial charge on any atom is 0.146 e. The third-order valence-corrected chi connectivity index (χ3v) is 1.70. The molecule has 1 N–H and O–H groups in total. The average molecular weight is 138 g/mol. The number of nitrogens with zero attached hydrogens (tertiary/aromatic N) is 1. The highest BCUT2D eigenvalue weighted by Gasteiger charge is 2.13. The molecule has 0 aliphatic carbocycles. The van der Waals surface area contributed by atoms with Crippen LogP contribution in [0.15, 0.2) is 12.4 Å². The molecule has 0 amide bonds. The van der Waals surface area contributed by atoms with Gasteiger partial charge in [-0.2, -0.15) is 0 Å². The average Bonchev–Trinajstić information content (AvgIpc) is 2.36. The van der Waals surface area contributed by atoms with Crippen LogP contribution in [0.2, 0.25) is 0 Å². The van der Waals surface area contributed by atoms with Crippen molar-refractivity contribution in [2.75, 3.05) is 11.9 Å². The van der Waals surface area contributed by atoms with E-state index in [4.69, 9.17) is 0 Å². The molecular weight excluding hydrogens is 131 g/mol.